The van der Waals surface area contributed by atoms with Crippen LogP contribution in [-0.2, 0) is 11.2 Å². The Bertz CT molecular complexity index is 1610. The summed E-state index contributed by atoms with van der Waals surface area (Å²) in [5.41, 5.74) is 8.47. The van der Waals surface area contributed by atoms with Gasteiger partial charge in [-0.2, -0.15) is 0 Å². The number of imidazole rings is 1. The quantitative estimate of drug-likeness (QED) is 0.401. The minimum atomic E-state index is -2.67. The Morgan fingerprint density at radius 1 is 1.13 bits per heavy atom. The predicted octanol–water partition coefficient (Wildman–Crippen LogP) is 4.90. The number of hydrogen-bond acceptors (Lipinski definition) is 7. The number of carbonyl (C=O) groups is 1. The summed E-state index contributed by atoms with van der Waals surface area (Å²) in [5.74, 6) is 0.903. The van der Waals surface area contributed by atoms with E-state index in [9.17, 15) is 4.79 Å². The highest BCUT2D eigenvalue weighted by atomic mass is 16.6. The van der Waals surface area contributed by atoms with E-state index < -0.39 is 31.2 Å². The molecule has 1 aliphatic rings. The van der Waals surface area contributed by atoms with Crippen molar-refractivity contribution in [1.82, 2.24) is 29.3 Å². The number of likely N-dealkylation sites (tertiary alicyclic amines) is 1. The molecule has 1 aliphatic heterocycles. The van der Waals surface area contributed by atoms with Gasteiger partial charge in [-0.25, -0.2) is 19.7 Å². The molecular formula is C29H35N7O2. The van der Waals surface area contributed by atoms with Crippen molar-refractivity contribution >= 4 is 23.1 Å². The Balaban J connectivity index is 1.38. The first-order valence-electron chi connectivity index (χ1n) is 15.1. The van der Waals surface area contributed by atoms with Gasteiger partial charge in [-0.3, -0.25) is 9.47 Å². The van der Waals surface area contributed by atoms with Gasteiger partial charge < -0.3 is 15.4 Å². The number of ether oxygens (including phenoxy) is 1. The summed E-state index contributed by atoms with van der Waals surface area (Å²) in [6.45, 7) is 1.07. The van der Waals surface area contributed by atoms with Crippen molar-refractivity contribution in [3.63, 3.8) is 0 Å². The molecule has 1 amide bonds. The number of aromatic nitrogens is 4. The minimum absolute atomic E-state index is 0.259. The number of benzene rings is 1. The molecule has 4 heterocycles. The van der Waals surface area contributed by atoms with E-state index >= 15 is 0 Å². The lowest BCUT2D eigenvalue weighted by atomic mass is 10.0. The van der Waals surface area contributed by atoms with Gasteiger partial charge in [-0.15, -0.1) is 0 Å². The number of pyridine rings is 2. The molecule has 9 heteroatoms. The molecule has 1 aromatic carbocycles. The van der Waals surface area contributed by atoms with Crippen molar-refractivity contribution in [1.29, 1.82) is 0 Å². The average Bonchev–Trinajstić information content (AvgIpc) is 3.31. The third-order valence-electron chi connectivity index (χ3n) is 6.33. The molecule has 0 spiro atoms. The third kappa shape index (κ3) is 5.47. The van der Waals surface area contributed by atoms with Crippen LogP contribution in [-0.4, -0.2) is 67.1 Å². The Kier molecular flexibility index (Phi) is 5.49. The highest BCUT2D eigenvalue weighted by molar-refractivity contribution is 5.82. The summed E-state index contributed by atoms with van der Waals surface area (Å²) in [7, 11) is 0. The number of nitrogens with two attached hydrogens (primary N) is 1. The molecule has 1 fully saturated rings. The standard InChI is InChI=1S/C29H35N7O2/c1-29(2,3)38-28(37)34(4)21-13-17-35(18-14-21)19-20-9-11-22(12-10-20)36-26(23-7-5-15-31-25(23)30)33-24-8-6-16-32-27(24)36/h5-12,15-16,21H,13-14,17-19H2,1-4H3,(H2,30,31)/i4D3,19D2. The van der Waals surface area contributed by atoms with E-state index in [4.69, 9.17) is 22.3 Å². The fourth-order valence-corrected chi connectivity index (χ4v) is 4.51. The number of nitrogens with zero attached hydrogens (tertiary/aromatic N) is 6. The topological polar surface area (TPSA) is 102 Å². The summed E-state index contributed by atoms with van der Waals surface area (Å²) in [6, 6.07) is 13.8. The molecule has 198 valence electrons. The number of piperidine rings is 1. The second-order valence-electron chi connectivity index (χ2n) is 10.3. The molecule has 0 bridgehead atoms. The number of carbonyl (C=O) groups excluding carboxylic acids is 1. The van der Waals surface area contributed by atoms with Crippen LogP contribution in [0.15, 0.2) is 60.9 Å². The summed E-state index contributed by atoms with van der Waals surface area (Å²) in [6.07, 6.45) is 2.99. The van der Waals surface area contributed by atoms with Crippen molar-refractivity contribution in [2.24, 2.45) is 0 Å². The fraction of sp³-hybridized carbons (Fsp3) is 0.379. The van der Waals surface area contributed by atoms with Crippen LogP contribution < -0.4 is 5.73 Å². The Morgan fingerprint density at radius 3 is 2.53 bits per heavy atom. The van der Waals surface area contributed by atoms with Crippen molar-refractivity contribution in [3.8, 4) is 17.1 Å². The van der Waals surface area contributed by atoms with Crippen molar-refractivity contribution in [2.75, 3.05) is 25.8 Å². The maximum Gasteiger partial charge on any atom is 0.410 e. The summed E-state index contributed by atoms with van der Waals surface area (Å²) in [5, 5.41) is 0. The van der Waals surface area contributed by atoms with E-state index in [0.29, 0.717) is 33.9 Å². The molecule has 3 aromatic heterocycles. The van der Waals surface area contributed by atoms with Crippen molar-refractivity contribution in [3.05, 3.63) is 66.5 Å². The molecule has 0 radical (unpaired) electrons. The van der Waals surface area contributed by atoms with Gasteiger partial charge in [0.15, 0.2) is 11.5 Å². The highest BCUT2D eigenvalue weighted by Crippen LogP contribution is 2.30. The van der Waals surface area contributed by atoms with Crippen LogP contribution in [0.4, 0.5) is 10.6 Å². The monoisotopic (exact) mass is 518 g/mol. The van der Waals surface area contributed by atoms with E-state index in [1.165, 1.54) is 0 Å². The van der Waals surface area contributed by atoms with E-state index in [1.807, 2.05) is 34.9 Å². The van der Waals surface area contributed by atoms with Crippen LogP contribution in [0, 0.1) is 0 Å². The molecule has 2 N–H and O–H groups in total. The first-order chi connectivity index (χ1) is 20.2. The lowest BCUT2D eigenvalue weighted by Crippen LogP contribution is -2.46. The molecule has 4 aromatic rings. The third-order valence-corrected chi connectivity index (χ3v) is 6.33. The molecule has 0 aliphatic carbocycles. The zero-order valence-corrected chi connectivity index (χ0v) is 21.8. The SMILES string of the molecule is [2H]C([2H])([2H])N(C(=O)OC(C)(C)C)C1CCN(C([2H])([2H])c2ccc(-n3c(-c4cccnc4N)nc4cccnc43)cc2)CC1. The number of rotatable bonds is 5. The van der Waals surface area contributed by atoms with Gasteiger partial charge in [0, 0.05) is 57.5 Å². The second kappa shape index (κ2) is 10.4. The molecule has 0 atom stereocenters. The number of amides is 1. The molecule has 0 unspecified atom stereocenters. The minimum Gasteiger partial charge on any atom is -0.444 e. The maximum atomic E-state index is 12.8. The largest absolute Gasteiger partial charge is 0.444 e. The molecule has 38 heavy (non-hydrogen) atoms. The van der Waals surface area contributed by atoms with Crippen LogP contribution in [0.2, 0.25) is 0 Å². The van der Waals surface area contributed by atoms with Crippen LogP contribution in [0.5, 0.6) is 0 Å². The van der Waals surface area contributed by atoms with Crippen molar-refractivity contribution in [2.45, 2.75) is 51.8 Å². The molecule has 5 rings (SSSR count). The Morgan fingerprint density at radius 2 is 1.84 bits per heavy atom. The lowest BCUT2D eigenvalue weighted by Gasteiger charge is -2.37. The van der Waals surface area contributed by atoms with E-state index in [0.717, 1.165) is 10.6 Å². The van der Waals surface area contributed by atoms with Gasteiger partial charge >= 0.3 is 6.09 Å². The van der Waals surface area contributed by atoms with Gasteiger partial charge in [-0.05, 0) is 75.6 Å². The second-order valence-corrected chi connectivity index (χ2v) is 10.3. The van der Waals surface area contributed by atoms with Gasteiger partial charge in [0.05, 0.1) is 5.56 Å². The van der Waals surface area contributed by atoms with Crippen molar-refractivity contribution < 1.29 is 16.4 Å². The first-order valence-corrected chi connectivity index (χ1v) is 12.6. The lowest BCUT2D eigenvalue weighted by molar-refractivity contribution is 0.0149. The zero-order chi connectivity index (χ0) is 31.2. The van der Waals surface area contributed by atoms with Crippen LogP contribution in [0.1, 0.15) is 46.0 Å². The first kappa shape index (κ1) is 20.0. The summed E-state index contributed by atoms with van der Waals surface area (Å²) < 4.78 is 49.0. The summed E-state index contributed by atoms with van der Waals surface area (Å²) in [4.78, 5) is 28.8. The summed E-state index contributed by atoms with van der Waals surface area (Å²) >= 11 is 0. The van der Waals surface area contributed by atoms with Gasteiger partial charge in [0.2, 0.25) is 0 Å². The van der Waals surface area contributed by atoms with Gasteiger partial charge in [0.1, 0.15) is 16.9 Å². The Labute approximate surface area is 230 Å². The number of hydrogen-bond donors (Lipinski definition) is 1. The molecular weight excluding hydrogens is 478 g/mol. The van der Waals surface area contributed by atoms with Gasteiger partial charge in [-0.1, -0.05) is 12.1 Å². The Hall–Kier alpha value is -3.98. The molecule has 1 saturated heterocycles. The van der Waals surface area contributed by atoms with Crippen LogP contribution in [0.3, 0.4) is 0 Å². The van der Waals surface area contributed by atoms with Crippen LogP contribution >= 0.6 is 0 Å². The van der Waals surface area contributed by atoms with E-state index in [1.54, 1.807) is 56.3 Å². The maximum absolute atomic E-state index is 12.8. The van der Waals surface area contributed by atoms with Gasteiger partial charge in [0.25, 0.3) is 0 Å². The number of nitrogen functional groups attached to an aromatic ring is 1. The molecule has 9 nitrogen and oxygen atoms in total. The van der Waals surface area contributed by atoms with E-state index in [-0.39, 0.29) is 25.9 Å². The highest BCUT2D eigenvalue weighted by Gasteiger charge is 2.28. The average molecular weight is 519 g/mol. The molecule has 0 saturated carbocycles. The normalized spacial score (nSPS) is 17.7. The zero-order valence-electron chi connectivity index (χ0n) is 26.8. The van der Waals surface area contributed by atoms with E-state index in [2.05, 4.69) is 9.97 Å². The fourth-order valence-electron chi connectivity index (χ4n) is 4.51. The smallest absolute Gasteiger partial charge is 0.410 e. The van der Waals surface area contributed by atoms with Crippen LogP contribution in [0.25, 0.3) is 28.2 Å². The number of fused-ring (bicyclic) bond motifs is 1. The number of anilines is 1. The predicted molar refractivity (Wildman–Crippen MR) is 149 cm³/mol.